The van der Waals surface area contributed by atoms with E-state index in [1.807, 2.05) is 0 Å². The van der Waals surface area contributed by atoms with Crippen LogP contribution in [0, 0.1) is 0 Å². The summed E-state index contributed by atoms with van der Waals surface area (Å²) in [6.07, 6.45) is -2.18. The third-order valence-electron chi connectivity index (χ3n) is 2.71. The number of nitrogens with zero attached hydrogens (tertiary/aromatic N) is 2. The van der Waals surface area contributed by atoms with E-state index in [2.05, 4.69) is 5.10 Å². The van der Waals surface area contributed by atoms with E-state index in [-0.39, 0.29) is 6.42 Å². The average molecular weight is 269 g/mol. The molecule has 0 radical (unpaired) electrons. The first-order valence-corrected chi connectivity index (χ1v) is 5.73. The van der Waals surface area contributed by atoms with Crippen LogP contribution in [0.2, 0.25) is 5.02 Å². The molecule has 0 aromatic carbocycles. The van der Waals surface area contributed by atoms with E-state index < -0.39 is 18.4 Å². The minimum atomic E-state index is -4.28. The van der Waals surface area contributed by atoms with Gasteiger partial charge in [-0.3, -0.25) is 4.68 Å². The van der Waals surface area contributed by atoms with Crippen molar-refractivity contribution in [3.63, 3.8) is 0 Å². The molecule has 1 aromatic heterocycles. The second-order valence-corrected chi connectivity index (χ2v) is 4.54. The van der Waals surface area contributed by atoms with Crippen molar-refractivity contribution in [1.29, 1.82) is 0 Å². The molecule has 0 spiro atoms. The maximum atomic E-state index is 12.5. The van der Waals surface area contributed by atoms with Crippen LogP contribution in [0.5, 0.6) is 0 Å². The summed E-state index contributed by atoms with van der Waals surface area (Å²) in [5.74, 6) is 0. The summed E-state index contributed by atoms with van der Waals surface area (Å²) < 4.78 is 44.0. The summed E-state index contributed by atoms with van der Waals surface area (Å²) in [6.45, 7) is 0.305. The number of halogens is 4. The molecule has 0 N–H and O–H groups in total. The highest BCUT2D eigenvalue weighted by atomic mass is 35.5. The second kappa shape index (κ2) is 4.86. The molecular formula is C10H12ClF3N2O. The quantitative estimate of drug-likeness (QED) is 0.824. The molecule has 17 heavy (non-hydrogen) atoms. The fraction of sp³-hybridized carbons (Fsp3) is 0.700. The number of rotatable bonds is 2. The monoisotopic (exact) mass is 268 g/mol. The lowest BCUT2D eigenvalue weighted by Crippen LogP contribution is -2.40. The second-order valence-electron chi connectivity index (χ2n) is 4.10. The number of alkyl halides is 3. The zero-order valence-electron chi connectivity index (χ0n) is 8.95. The third kappa shape index (κ3) is 3.35. The van der Waals surface area contributed by atoms with Crippen LogP contribution in [0.1, 0.15) is 19.3 Å². The van der Waals surface area contributed by atoms with Gasteiger partial charge in [-0.25, -0.2) is 0 Å². The maximum absolute atomic E-state index is 12.5. The first-order chi connectivity index (χ1) is 7.95. The molecule has 0 saturated carbocycles. The minimum Gasteiger partial charge on any atom is -0.364 e. The molecule has 0 aliphatic carbocycles. The van der Waals surface area contributed by atoms with Crippen molar-refractivity contribution in [2.45, 2.75) is 44.2 Å². The molecule has 1 fully saturated rings. The predicted octanol–water partition coefficient (Wildman–Crippen LogP) is 3.04. The van der Waals surface area contributed by atoms with Crippen molar-refractivity contribution >= 4 is 11.6 Å². The van der Waals surface area contributed by atoms with Crippen LogP contribution in [-0.2, 0) is 11.3 Å². The van der Waals surface area contributed by atoms with Crippen molar-refractivity contribution in [3.8, 4) is 0 Å². The first kappa shape index (κ1) is 12.7. The van der Waals surface area contributed by atoms with Crippen LogP contribution in [0.4, 0.5) is 13.2 Å². The van der Waals surface area contributed by atoms with Crippen LogP contribution in [0.25, 0.3) is 0 Å². The molecule has 2 unspecified atom stereocenters. The smallest absolute Gasteiger partial charge is 0.364 e. The van der Waals surface area contributed by atoms with E-state index in [1.165, 1.54) is 10.9 Å². The van der Waals surface area contributed by atoms with E-state index in [1.54, 1.807) is 6.20 Å². The lowest BCUT2D eigenvalue weighted by Gasteiger charge is -2.31. The van der Waals surface area contributed by atoms with Gasteiger partial charge in [0.15, 0.2) is 6.10 Å². The summed E-state index contributed by atoms with van der Waals surface area (Å²) in [4.78, 5) is 0. The standard InChI is InChI=1S/C10H12ClF3N2O/c11-7-4-15-16(5-7)6-8-2-1-3-9(17-8)10(12,13)14/h4-5,8-9H,1-3,6H2. The Labute approximate surface area is 102 Å². The first-order valence-electron chi connectivity index (χ1n) is 5.35. The average Bonchev–Trinajstić information content (AvgIpc) is 2.63. The largest absolute Gasteiger partial charge is 0.414 e. The normalized spacial score (nSPS) is 26.1. The fourth-order valence-electron chi connectivity index (χ4n) is 1.92. The molecule has 0 bridgehead atoms. The molecule has 1 aliphatic heterocycles. The van der Waals surface area contributed by atoms with E-state index in [0.717, 1.165) is 0 Å². The zero-order chi connectivity index (χ0) is 12.5. The van der Waals surface area contributed by atoms with Crippen molar-refractivity contribution in [3.05, 3.63) is 17.4 Å². The van der Waals surface area contributed by atoms with Gasteiger partial charge >= 0.3 is 6.18 Å². The van der Waals surface area contributed by atoms with Gasteiger partial charge in [0.25, 0.3) is 0 Å². The zero-order valence-corrected chi connectivity index (χ0v) is 9.71. The van der Waals surface area contributed by atoms with E-state index >= 15 is 0 Å². The SMILES string of the molecule is FC(F)(F)C1CCCC(Cn2cc(Cl)cn2)O1. The Morgan fingerprint density at radius 3 is 2.82 bits per heavy atom. The Morgan fingerprint density at radius 1 is 1.47 bits per heavy atom. The third-order valence-corrected chi connectivity index (χ3v) is 2.90. The van der Waals surface area contributed by atoms with Gasteiger partial charge in [-0.1, -0.05) is 11.6 Å². The van der Waals surface area contributed by atoms with E-state index in [9.17, 15) is 13.2 Å². The van der Waals surface area contributed by atoms with E-state index in [0.29, 0.717) is 24.4 Å². The highest BCUT2D eigenvalue weighted by Crippen LogP contribution is 2.32. The summed E-state index contributed by atoms with van der Waals surface area (Å²) in [7, 11) is 0. The van der Waals surface area contributed by atoms with Gasteiger partial charge in [-0.05, 0) is 19.3 Å². The molecule has 7 heteroatoms. The molecule has 1 aliphatic rings. The Morgan fingerprint density at radius 2 is 2.24 bits per heavy atom. The maximum Gasteiger partial charge on any atom is 0.414 e. The van der Waals surface area contributed by atoms with Gasteiger partial charge in [-0.15, -0.1) is 0 Å². The lowest BCUT2D eigenvalue weighted by atomic mass is 10.0. The summed E-state index contributed by atoms with van der Waals surface area (Å²) in [6, 6.07) is 0. The molecule has 3 nitrogen and oxygen atoms in total. The van der Waals surface area contributed by atoms with Crippen LogP contribution < -0.4 is 0 Å². The molecule has 2 rings (SSSR count). The van der Waals surface area contributed by atoms with Crippen molar-refractivity contribution in [2.24, 2.45) is 0 Å². The lowest BCUT2D eigenvalue weighted by molar-refractivity contribution is -0.246. The molecule has 0 amide bonds. The van der Waals surface area contributed by atoms with Gasteiger partial charge in [0.2, 0.25) is 0 Å². The molecule has 1 saturated heterocycles. The Bertz CT molecular complexity index is 380. The van der Waals surface area contributed by atoms with Gasteiger partial charge in [0.1, 0.15) is 0 Å². The predicted molar refractivity (Wildman–Crippen MR) is 55.8 cm³/mol. The van der Waals surface area contributed by atoms with Gasteiger partial charge in [0, 0.05) is 6.20 Å². The molecule has 96 valence electrons. The number of aromatic nitrogens is 2. The Balaban J connectivity index is 1.94. The number of ether oxygens (including phenoxy) is 1. The summed E-state index contributed by atoms with van der Waals surface area (Å²) in [5.41, 5.74) is 0. The van der Waals surface area contributed by atoms with E-state index in [4.69, 9.17) is 16.3 Å². The number of hydrogen-bond donors (Lipinski definition) is 0. The van der Waals surface area contributed by atoms with Crippen LogP contribution in [0.15, 0.2) is 12.4 Å². The Kier molecular flexibility index (Phi) is 3.63. The summed E-state index contributed by atoms with van der Waals surface area (Å²) >= 11 is 5.68. The minimum absolute atomic E-state index is 0.0415. The topological polar surface area (TPSA) is 27.1 Å². The van der Waals surface area contributed by atoms with Crippen LogP contribution in [0.3, 0.4) is 0 Å². The van der Waals surface area contributed by atoms with Crippen LogP contribution >= 0.6 is 11.6 Å². The highest BCUT2D eigenvalue weighted by molar-refractivity contribution is 6.30. The summed E-state index contributed by atoms with van der Waals surface area (Å²) in [5, 5.41) is 4.39. The molecule has 2 atom stereocenters. The fourth-order valence-corrected chi connectivity index (χ4v) is 2.08. The van der Waals surface area contributed by atoms with Gasteiger partial charge in [-0.2, -0.15) is 18.3 Å². The highest BCUT2D eigenvalue weighted by Gasteiger charge is 2.43. The molecule has 2 heterocycles. The van der Waals surface area contributed by atoms with Crippen molar-refractivity contribution in [1.82, 2.24) is 9.78 Å². The number of hydrogen-bond acceptors (Lipinski definition) is 2. The van der Waals surface area contributed by atoms with Crippen molar-refractivity contribution in [2.75, 3.05) is 0 Å². The van der Waals surface area contributed by atoms with Crippen LogP contribution in [-0.4, -0.2) is 28.2 Å². The van der Waals surface area contributed by atoms with Crippen molar-refractivity contribution < 1.29 is 17.9 Å². The molecular weight excluding hydrogens is 257 g/mol. The Hall–Kier alpha value is -0.750. The molecule has 1 aromatic rings. The van der Waals surface area contributed by atoms with Gasteiger partial charge < -0.3 is 4.74 Å². The van der Waals surface area contributed by atoms with Gasteiger partial charge in [0.05, 0.1) is 23.9 Å².